The number of rotatable bonds is 10. The van der Waals surface area contributed by atoms with E-state index >= 15 is 0 Å². The molecule has 0 aromatic heterocycles. The lowest BCUT2D eigenvalue weighted by atomic mass is 10.3. The molecule has 0 radical (unpaired) electrons. The van der Waals surface area contributed by atoms with Gasteiger partial charge in [0.05, 0.1) is 0 Å². The molecule has 0 N–H and O–H groups in total. The molecule has 0 bridgehead atoms. The van der Waals surface area contributed by atoms with Gasteiger partial charge in [0, 0.05) is 18.8 Å². The molecule has 4 heteroatoms. The van der Waals surface area contributed by atoms with Crippen LogP contribution in [0.2, 0.25) is 0 Å². The van der Waals surface area contributed by atoms with Gasteiger partial charge in [-0.1, -0.05) is 26.8 Å². The Kier molecular flexibility index (Phi) is 9.77. The lowest BCUT2D eigenvalue weighted by Gasteiger charge is -2.22. The van der Waals surface area contributed by atoms with E-state index in [1.807, 2.05) is 6.92 Å². The Morgan fingerprint density at radius 2 is 1.71 bits per heavy atom. The van der Waals surface area contributed by atoms with Crippen molar-refractivity contribution < 1.29 is 14.3 Å². The molecule has 0 saturated heterocycles. The van der Waals surface area contributed by atoms with E-state index < -0.39 is 0 Å². The predicted octanol–water partition coefficient (Wildman–Crippen LogP) is 2.55. The summed E-state index contributed by atoms with van der Waals surface area (Å²) in [7, 11) is 0. The first-order valence-electron chi connectivity index (χ1n) is 6.23. The number of amides is 1. The molecule has 0 aliphatic heterocycles. The number of carbonyl (C=O) groups excluding carboxylic acids is 1. The van der Waals surface area contributed by atoms with Gasteiger partial charge in [0.25, 0.3) is 5.91 Å². The first-order chi connectivity index (χ1) is 8.13. The Morgan fingerprint density at radius 1 is 1.12 bits per heavy atom. The van der Waals surface area contributed by atoms with Crippen molar-refractivity contribution in [1.82, 2.24) is 4.90 Å². The van der Waals surface area contributed by atoms with Crippen LogP contribution >= 0.6 is 0 Å². The quantitative estimate of drug-likeness (QED) is 0.336. The average molecular weight is 243 g/mol. The fourth-order valence-corrected chi connectivity index (χ4v) is 1.16. The Bertz CT molecular complexity index is 229. The second kappa shape index (κ2) is 10.3. The fourth-order valence-electron chi connectivity index (χ4n) is 1.16. The van der Waals surface area contributed by atoms with Gasteiger partial charge in [0.15, 0.2) is 0 Å². The third-order valence-corrected chi connectivity index (χ3v) is 2.14. The predicted molar refractivity (Wildman–Crippen MR) is 68.5 cm³/mol. The van der Waals surface area contributed by atoms with Crippen molar-refractivity contribution >= 4 is 5.91 Å². The lowest BCUT2D eigenvalue weighted by molar-refractivity contribution is -0.140. The summed E-state index contributed by atoms with van der Waals surface area (Å²) >= 11 is 0. The molecule has 0 saturated carbocycles. The largest absolute Gasteiger partial charge is 0.361 e. The maximum absolute atomic E-state index is 11.8. The van der Waals surface area contributed by atoms with Gasteiger partial charge >= 0.3 is 0 Å². The van der Waals surface area contributed by atoms with Crippen LogP contribution in [0, 0.1) is 0 Å². The van der Waals surface area contributed by atoms with Gasteiger partial charge in [-0.15, -0.1) is 0 Å². The highest BCUT2D eigenvalue weighted by Crippen LogP contribution is 2.01. The molecular weight excluding hydrogens is 218 g/mol. The normalized spacial score (nSPS) is 10.3. The molecule has 0 aromatic rings. The topological polar surface area (TPSA) is 38.8 Å². The zero-order valence-electron chi connectivity index (χ0n) is 11.3. The standard InChI is InChI=1S/C13H25NO3/c1-5-7-9-17-11-14(10-16-8-6-2)13(15)12(3)4/h3,5-11H2,1-2,4H3. The SMILES string of the molecule is C=C(C)C(=O)N(COCCC)COCCCC. The maximum atomic E-state index is 11.8. The summed E-state index contributed by atoms with van der Waals surface area (Å²) in [5.41, 5.74) is 0.504. The second-order valence-electron chi connectivity index (χ2n) is 4.05. The number of ether oxygens (including phenoxy) is 2. The molecular formula is C13H25NO3. The summed E-state index contributed by atoms with van der Waals surface area (Å²) in [6.07, 6.45) is 3.03. The van der Waals surface area contributed by atoms with Crippen LogP contribution in [0.5, 0.6) is 0 Å². The van der Waals surface area contributed by atoms with Gasteiger partial charge in [0.2, 0.25) is 0 Å². The minimum absolute atomic E-state index is 0.113. The Hall–Kier alpha value is -0.870. The third-order valence-electron chi connectivity index (χ3n) is 2.14. The number of carbonyl (C=O) groups is 1. The van der Waals surface area contributed by atoms with Gasteiger partial charge in [-0.2, -0.15) is 0 Å². The highest BCUT2D eigenvalue weighted by Gasteiger charge is 2.13. The van der Waals surface area contributed by atoms with E-state index in [9.17, 15) is 4.79 Å². The van der Waals surface area contributed by atoms with Crippen molar-refractivity contribution in [3.63, 3.8) is 0 Å². The molecule has 0 rings (SSSR count). The Labute approximate surface area is 105 Å². The summed E-state index contributed by atoms with van der Waals surface area (Å²) in [6.45, 7) is 11.3. The van der Waals surface area contributed by atoms with E-state index in [1.165, 1.54) is 4.90 Å². The van der Waals surface area contributed by atoms with Crippen LogP contribution in [-0.2, 0) is 14.3 Å². The highest BCUT2D eigenvalue weighted by atomic mass is 16.5. The highest BCUT2D eigenvalue weighted by molar-refractivity contribution is 5.91. The zero-order valence-corrected chi connectivity index (χ0v) is 11.3. The van der Waals surface area contributed by atoms with Crippen LogP contribution in [0.3, 0.4) is 0 Å². The van der Waals surface area contributed by atoms with Crippen LogP contribution < -0.4 is 0 Å². The van der Waals surface area contributed by atoms with Crippen LogP contribution in [0.1, 0.15) is 40.0 Å². The monoisotopic (exact) mass is 243 g/mol. The van der Waals surface area contributed by atoms with Crippen LogP contribution in [0.4, 0.5) is 0 Å². The molecule has 0 aliphatic rings. The van der Waals surface area contributed by atoms with Gasteiger partial charge in [-0.3, -0.25) is 9.69 Å². The summed E-state index contributed by atoms with van der Waals surface area (Å²) in [4.78, 5) is 13.3. The van der Waals surface area contributed by atoms with Crippen molar-refractivity contribution in [2.24, 2.45) is 0 Å². The summed E-state index contributed by atoms with van der Waals surface area (Å²) in [5, 5.41) is 0. The van der Waals surface area contributed by atoms with Crippen molar-refractivity contribution in [2.45, 2.75) is 40.0 Å². The van der Waals surface area contributed by atoms with E-state index in [0.717, 1.165) is 19.3 Å². The molecule has 17 heavy (non-hydrogen) atoms. The third kappa shape index (κ3) is 7.94. The molecule has 0 spiro atoms. The van der Waals surface area contributed by atoms with E-state index in [4.69, 9.17) is 9.47 Å². The first kappa shape index (κ1) is 16.1. The van der Waals surface area contributed by atoms with Gasteiger partial charge in [-0.25, -0.2) is 0 Å². The molecule has 100 valence electrons. The van der Waals surface area contributed by atoms with Gasteiger partial charge in [0.1, 0.15) is 13.5 Å². The first-order valence-corrected chi connectivity index (χ1v) is 6.23. The average Bonchev–Trinajstić information content (AvgIpc) is 2.31. The maximum Gasteiger partial charge on any atom is 0.252 e. The van der Waals surface area contributed by atoms with Crippen LogP contribution in [0.15, 0.2) is 12.2 Å². The van der Waals surface area contributed by atoms with E-state index in [0.29, 0.717) is 18.8 Å². The molecule has 4 nitrogen and oxygen atoms in total. The smallest absolute Gasteiger partial charge is 0.252 e. The number of unbranched alkanes of at least 4 members (excludes halogenated alkanes) is 1. The molecule has 0 fully saturated rings. The fraction of sp³-hybridized carbons (Fsp3) is 0.769. The summed E-state index contributed by atoms with van der Waals surface area (Å²) in [5.74, 6) is -0.113. The van der Waals surface area contributed by atoms with E-state index in [-0.39, 0.29) is 19.4 Å². The summed E-state index contributed by atoms with van der Waals surface area (Å²) < 4.78 is 10.8. The molecule has 0 atom stereocenters. The van der Waals surface area contributed by atoms with Crippen LogP contribution in [0.25, 0.3) is 0 Å². The van der Waals surface area contributed by atoms with Gasteiger partial charge < -0.3 is 9.47 Å². The van der Waals surface area contributed by atoms with Crippen molar-refractivity contribution in [3.8, 4) is 0 Å². The molecule has 0 aliphatic carbocycles. The molecule has 0 aromatic carbocycles. The lowest BCUT2D eigenvalue weighted by Crippen LogP contribution is -2.35. The molecule has 1 amide bonds. The van der Waals surface area contributed by atoms with E-state index in [1.54, 1.807) is 6.92 Å². The Morgan fingerprint density at radius 3 is 2.18 bits per heavy atom. The minimum Gasteiger partial charge on any atom is -0.361 e. The van der Waals surface area contributed by atoms with Crippen molar-refractivity contribution in [1.29, 1.82) is 0 Å². The zero-order chi connectivity index (χ0) is 13.1. The molecule has 0 unspecified atom stereocenters. The number of hydrogen-bond donors (Lipinski definition) is 0. The second-order valence-corrected chi connectivity index (χ2v) is 4.05. The van der Waals surface area contributed by atoms with Crippen molar-refractivity contribution in [2.75, 3.05) is 26.7 Å². The molecule has 0 heterocycles. The van der Waals surface area contributed by atoms with Crippen LogP contribution in [-0.4, -0.2) is 37.5 Å². The summed E-state index contributed by atoms with van der Waals surface area (Å²) in [6, 6.07) is 0. The van der Waals surface area contributed by atoms with E-state index in [2.05, 4.69) is 13.5 Å². The number of hydrogen-bond acceptors (Lipinski definition) is 3. The van der Waals surface area contributed by atoms with Crippen molar-refractivity contribution in [3.05, 3.63) is 12.2 Å². The van der Waals surface area contributed by atoms with Gasteiger partial charge in [-0.05, 0) is 19.8 Å². The number of nitrogens with zero attached hydrogens (tertiary/aromatic N) is 1. The minimum atomic E-state index is -0.113. The Balaban J connectivity index is 4.01.